The minimum atomic E-state index is -0.245. The summed E-state index contributed by atoms with van der Waals surface area (Å²) in [7, 11) is 0. The van der Waals surface area contributed by atoms with Crippen LogP contribution in [0.2, 0.25) is 0 Å². The average molecular weight is 319 g/mol. The fraction of sp³-hybridized carbons (Fsp3) is 0.250. The third-order valence-corrected chi connectivity index (χ3v) is 4.40. The van der Waals surface area contributed by atoms with Gasteiger partial charge in [0.05, 0.1) is 5.69 Å². The fourth-order valence-corrected chi connectivity index (χ4v) is 3.25. The monoisotopic (exact) mass is 319 g/mol. The summed E-state index contributed by atoms with van der Waals surface area (Å²) in [6, 6.07) is 12.5. The van der Waals surface area contributed by atoms with Crippen LogP contribution in [-0.2, 0) is 12.8 Å². The van der Waals surface area contributed by atoms with Crippen molar-refractivity contribution in [1.29, 1.82) is 0 Å². The van der Waals surface area contributed by atoms with E-state index in [1.165, 1.54) is 6.07 Å². The lowest BCUT2D eigenvalue weighted by atomic mass is 9.92. The zero-order chi connectivity index (χ0) is 16.5. The van der Waals surface area contributed by atoms with E-state index in [9.17, 15) is 4.39 Å². The first-order valence-corrected chi connectivity index (χ1v) is 8.30. The smallest absolute Gasteiger partial charge is 0.178 e. The number of aromatic nitrogens is 3. The topological polar surface area (TPSA) is 38.7 Å². The number of rotatable bonds is 2. The van der Waals surface area contributed by atoms with Crippen LogP contribution in [0.1, 0.15) is 29.8 Å². The van der Waals surface area contributed by atoms with E-state index >= 15 is 0 Å². The van der Waals surface area contributed by atoms with Gasteiger partial charge in [-0.1, -0.05) is 18.2 Å². The summed E-state index contributed by atoms with van der Waals surface area (Å²) in [6.45, 7) is 1.95. The van der Waals surface area contributed by atoms with Gasteiger partial charge in [-0.25, -0.2) is 19.3 Å². The molecule has 0 aliphatic heterocycles. The van der Waals surface area contributed by atoms with Crippen LogP contribution in [-0.4, -0.2) is 15.0 Å². The number of hydrogen-bond acceptors (Lipinski definition) is 3. The van der Waals surface area contributed by atoms with E-state index in [1.54, 1.807) is 12.1 Å². The van der Waals surface area contributed by atoms with Crippen LogP contribution in [0.25, 0.3) is 22.8 Å². The lowest BCUT2D eigenvalue weighted by molar-refractivity contribution is 0.628. The second kappa shape index (κ2) is 6.11. The largest absolute Gasteiger partial charge is 0.250 e. The second-order valence-electron chi connectivity index (χ2n) is 6.20. The summed E-state index contributed by atoms with van der Waals surface area (Å²) < 4.78 is 13.7. The lowest BCUT2D eigenvalue weighted by Gasteiger charge is -2.19. The number of halogens is 1. The van der Waals surface area contributed by atoms with Crippen LogP contribution in [0.15, 0.2) is 42.5 Å². The van der Waals surface area contributed by atoms with E-state index in [0.29, 0.717) is 5.82 Å². The maximum absolute atomic E-state index is 13.7. The Hall–Kier alpha value is -2.62. The summed E-state index contributed by atoms with van der Waals surface area (Å²) in [4.78, 5) is 14.1. The van der Waals surface area contributed by atoms with Gasteiger partial charge < -0.3 is 0 Å². The molecule has 2 aromatic heterocycles. The molecular weight excluding hydrogens is 301 g/mol. The Morgan fingerprint density at radius 2 is 1.75 bits per heavy atom. The number of pyridine rings is 1. The molecule has 0 amide bonds. The number of aryl methyl sites for hydroxylation is 2. The van der Waals surface area contributed by atoms with E-state index < -0.39 is 0 Å². The Labute approximate surface area is 140 Å². The number of benzene rings is 1. The van der Waals surface area contributed by atoms with Crippen molar-refractivity contribution in [3.05, 3.63) is 65.2 Å². The molecule has 0 saturated heterocycles. The summed E-state index contributed by atoms with van der Waals surface area (Å²) in [6.07, 6.45) is 4.15. The summed E-state index contributed by atoms with van der Waals surface area (Å²) in [5.74, 6) is 0.379. The Kier molecular flexibility index (Phi) is 3.81. The molecule has 24 heavy (non-hydrogen) atoms. The molecule has 0 N–H and O–H groups in total. The highest BCUT2D eigenvalue weighted by atomic mass is 19.1. The number of nitrogens with zero attached hydrogens (tertiary/aromatic N) is 3. The Bertz CT molecular complexity index is 905. The average Bonchev–Trinajstić information content (AvgIpc) is 2.61. The zero-order valence-corrected chi connectivity index (χ0v) is 13.6. The zero-order valence-electron chi connectivity index (χ0n) is 13.6. The van der Waals surface area contributed by atoms with E-state index in [-0.39, 0.29) is 5.82 Å². The number of fused-ring (bicyclic) bond motifs is 1. The molecule has 2 heterocycles. The maximum Gasteiger partial charge on any atom is 0.178 e. The van der Waals surface area contributed by atoms with Crippen molar-refractivity contribution < 1.29 is 4.39 Å². The van der Waals surface area contributed by atoms with Gasteiger partial charge in [0.15, 0.2) is 5.82 Å². The van der Waals surface area contributed by atoms with Gasteiger partial charge in [-0.05, 0) is 56.9 Å². The Morgan fingerprint density at radius 3 is 2.58 bits per heavy atom. The van der Waals surface area contributed by atoms with Crippen LogP contribution in [0.4, 0.5) is 4.39 Å². The van der Waals surface area contributed by atoms with Crippen LogP contribution in [0.3, 0.4) is 0 Å². The fourth-order valence-electron chi connectivity index (χ4n) is 3.25. The van der Waals surface area contributed by atoms with Gasteiger partial charge in [-0.3, -0.25) is 0 Å². The molecule has 4 heteroatoms. The molecule has 4 rings (SSSR count). The van der Waals surface area contributed by atoms with Gasteiger partial charge in [0.25, 0.3) is 0 Å². The SMILES string of the molecule is Cc1cccc(-c2nc3c(c(-c4cccc(F)c4)n2)CCCC3)n1. The van der Waals surface area contributed by atoms with Crippen LogP contribution in [0.5, 0.6) is 0 Å². The molecule has 0 radical (unpaired) electrons. The second-order valence-corrected chi connectivity index (χ2v) is 6.20. The predicted molar refractivity (Wildman–Crippen MR) is 92.0 cm³/mol. The molecule has 1 aromatic carbocycles. The molecule has 0 unspecified atom stereocenters. The van der Waals surface area contributed by atoms with Gasteiger partial charge >= 0.3 is 0 Å². The highest BCUT2D eigenvalue weighted by molar-refractivity contribution is 5.67. The van der Waals surface area contributed by atoms with Crippen molar-refractivity contribution in [3.63, 3.8) is 0 Å². The number of hydrogen-bond donors (Lipinski definition) is 0. The van der Waals surface area contributed by atoms with Gasteiger partial charge in [0.1, 0.15) is 11.5 Å². The van der Waals surface area contributed by atoms with E-state index in [0.717, 1.165) is 59.6 Å². The van der Waals surface area contributed by atoms with Crippen molar-refractivity contribution in [1.82, 2.24) is 15.0 Å². The van der Waals surface area contributed by atoms with E-state index in [2.05, 4.69) is 4.98 Å². The molecule has 3 aromatic rings. The normalized spacial score (nSPS) is 13.6. The third-order valence-electron chi connectivity index (χ3n) is 4.40. The Morgan fingerprint density at radius 1 is 0.917 bits per heavy atom. The standard InChI is InChI=1S/C20H18FN3/c1-13-6-4-11-18(22-13)20-23-17-10-3-2-9-16(17)19(24-20)14-7-5-8-15(21)12-14/h4-8,11-12H,2-3,9-10H2,1H3. The molecule has 3 nitrogen and oxygen atoms in total. The molecule has 0 spiro atoms. The van der Waals surface area contributed by atoms with Crippen molar-refractivity contribution in [2.75, 3.05) is 0 Å². The first kappa shape index (κ1) is 14.9. The third kappa shape index (κ3) is 2.80. The maximum atomic E-state index is 13.7. The van der Waals surface area contributed by atoms with Crippen molar-refractivity contribution in [2.24, 2.45) is 0 Å². The summed E-state index contributed by atoms with van der Waals surface area (Å²) >= 11 is 0. The van der Waals surface area contributed by atoms with Crippen molar-refractivity contribution >= 4 is 0 Å². The molecule has 1 aliphatic rings. The van der Waals surface area contributed by atoms with E-state index in [4.69, 9.17) is 9.97 Å². The molecule has 0 fully saturated rings. The van der Waals surface area contributed by atoms with Gasteiger partial charge in [0.2, 0.25) is 0 Å². The van der Waals surface area contributed by atoms with Crippen LogP contribution < -0.4 is 0 Å². The molecule has 0 bridgehead atoms. The summed E-state index contributed by atoms with van der Waals surface area (Å²) in [5, 5.41) is 0. The molecule has 120 valence electrons. The first-order chi connectivity index (χ1) is 11.7. The van der Waals surface area contributed by atoms with Gasteiger partial charge in [-0.15, -0.1) is 0 Å². The molecule has 0 saturated carbocycles. The Balaban J connectivity index is 1.93. The van der Waals surface area contributed by atoms with Crippen LogP contribution in [0, 0.1) is 12.7 Å². The van der Waals surface area contributed by atoms with E-state index in [1.807, 2.05) is 31.2 Å². The highest BCUT2D eigenvalue weighted by Gasteiger charge is 2.20. The first-order valence-electron chi connectivity index (χ1n) is 8.30. The quantitative estimate of drug-likeness (QED) is 0.696. The van der Waals surface area contributed by atoms with Gasteiger partial charge in [0, 0.05) is 22.5 Å². The van der Waals surface area contributed by atoms with Crippen molar-refractivity contribution in [3.8, 4) is 22.8 Å². The molecule has 0 atom stereocenters. The lowest BCUT2D eigenvalue weighted by Crippen LogP contribution is -2.11. The molecular formula is C20H18FN3. The minimum absolute atomic E-state index is 0.245. The van der Waals surface area contributed by atoms with Gasteiger partial charge in [-0.2, -0.15) is 0 Å². The van der Waals surface area contributed by atoms with Crippen LogP contribution >= 0.6 is 0 Å². The minimum Gasteiger partial charge on any atom is -0.250 e. The predicted octanol–water partition coefficient (Wildman–Crippen LogP) is 4.53. The van der Waals surface area contributed by atoms with Crippen molar-refractivity contribution in [2.45, 2.75) is 32.6 Å². The molecule has 1 aliphatic carbocycles. The summed E-state index contributed by atoms with van der Waals surface area (Å²) in [5.41, 5.74) is 5.58. The highest BCUT2D eigenvalue weighted by Crippen LogP contribution is 2.31.